The van der Waals surface area contributed by atoms with Crippen LogP contribution in [0.15, 0.2) is 17.0 Å². The first-order valence-corrected chi connectivity index (χ1v) is 9.03. The van der Waals surface area contributed by atoms with Crippen molar-refractivity contribution in [1.29, 1.82) is 0 Å². The summed E-state index contributed by atoms with van der Waals surface area (Å²) >= 11 is 6.00. The number of carbonyl (C=O) groups is 2. The van der Waals surface area contributed by atoms with E-state index in [1.54, 1.807) is 13.8 Å². The molecule has 1 aliphatic rings. The molecule has 0 unspecified atom stereocenters. The highest BCUT2D eigenvalue weighted by Crippen LogP contribution is 2.35. The summed E-state index contributed by atoms with van der Waals surface area (Å²) in [5.74, 6) is -1.29. The number of rotatable bonds is 6. The number of fused-ring (bicyclic) bond motifs is 1. The Morgan fingerprint density at radius 2 is 2.21 bits per heavy atom. The van der Waals surface area contributed by atoms with E-state index in [0.717, 1.165) is 0 Å². The van der Waals surface area contributed by atoms with Crippen molar-refractivity contribution in [2.75, 3.05) is 25.1 Å². The van der Waals surface area contributed by atoms with E-state index in [1.807, 2.05) is 0 Å². The SMILES string of the molecule is CCOC(=O)[C@@H](C)CNS(=O)(=O)c1cc2c(cc1Cl)NC(=O)CO2. The fourth-order valence-electron chi connectivity index (χ4n) is 1.97. The average Bonchev–Trinajstić information content (AvgIpc) is 2.51. The number of benzene rings is 1. The fourth-order valence-corrected chi connectivity index (χ4v) is 3.64. The molecule has 132 valence electrons. The van der Waals surface area contributed by atoms with Crippen LogP contribution in [0.3, 0.4) is 0 Å². The van der Waals surface area contributed by atoms with Crippen molar-refractivity contribution in [3.63, 3.8) is 0 Å². The van der Waals surface area contributed by atoms with Crippen LogP contribution in [-0.2, 0) is 24.3 Å². The molecule has 1 aromatic rings. The molecule has 8 nitrogen and oxygen atoms in total. The Morgan fingerprint density at radius 3 is 2.88 bits per heavy atom. The molecular formula is C14H17ClN2O6S. The van der Waals surface area contributed by atoms with Gasteiger partial charge in [0, 0.05) is 12.6 Å². The van der Waals surface area contributed by atoms with Gasteiger partial charge in [0.25, 0.3) is 5.91 Å². The van der Waals surface area contributed by atoms with E-state index in [-0.39, 0.29) is 41.3 Å². The third-order valence-electron chi connectivity index (χ3n) is 3.22. The molecule has 1 aromatic carbocycles. The van der Waals surface area contributed by atoms with E-state index >= 15 is 0 Å². The Kier molecular flexibility index (Phi) is 5.68. The highest BCUT2D eigenvalue weighted by molar-refractivity contribution is 7.89. The minimum Gasteiger partial charge on any atom is -0.482 e. The lowest BCUT2D eigenvalue weighted by molar-refractivity contribution is -0.147. The number of halogens is 1. The van der Waals surface area contributed by atoms with Crippen LogP contribution in [-0.4, -0.2) is 40.1 Å². The number of hydrogen-bond acceptors (Lipinski definition) is 6. The van der Waals surface area contributed by atoms with Crippen molar-refractivity contribution in [3.8, 4) is 5.75 Å². The second kappa shape index (κ2) is 7.37. The summed E-state index contributed by atoms with van der Waals surface area (Å²) in [5, 5.41) is 2.46. The Bertz CT molecular complexity index is 765. The number of anilines is 1. The van der Waals surface area contributed by atoms with E-state index in [2.05, 4.69) is 10.0 Å². The van der Waals surface area contributed by atoms with E-state index in [9.17, 15) is 18.0 Å². The summed E-state index contributed by atoms with van der Waals surface area (Å²) < 4.78 is 37.1. The van der Waals surface area contributed by atoms with Crippen molar-refractivity contribution >= 4 is 39.2 Å². The molecule has 1 heterocycles. The second-order valence-electron chi connectivity index (χ2n) is 5.12. The first-order valence-electron chi connectivity index (χ1n) is 7.17. The first kappa shape index (κ1) is 18.5. The van der Waals surface area contributed by atoms with Crippen molar-refractivity contribution in [2.24, 2.45) is 5.92 Å². The monoisotopic (exact) mass is 376 g/mol. The number of amides is 1. The lowest BCUT2D eigenvalue weighted by atomic mass is 10.2. The molecule has 0 spiro atoms. The third-order valence-corrected chi connectivity index (χ3v) is 5.11. The van der Waals surface area contributed by atoms with Crippen LogP contribution >= 0.6 is 11.6 Å². The highest BCUT2D eigenvalue weighted by Gasteiger charge is 2.25. The minimum absolute atomic E-state index is 0.0733. The molecule has 1 atom stereocenters. The van der Waals surface area contributed by atoms with E-state index in [1.165, 1.54) is 12.1 Å². The van der Waals surface area contributed by atoms with Crippen LogP contribution < -0.4 is 14.8 Å². The van der Waals surface area contributed by atoms with Gasteiger partial charge in [-0.05, 0) is 13.0 Å². The summed E-state index contributed by atoms with van der Waals surface area (Å²) in [4.78, 5) is 22.6. The topological polar surface area (TPSA) is 111 Å². The zero-order valence-corrected chi connectivity index (χ0v) is 14.7. The number of carbonyl (C=O) groups excluding carboxylic acids is 2. The maximum Gasteiger partial charge on any atom is 0.309 e. The molecule has 2 N–H and O–H groups in total. The molecule has 1 aliphatic heterocycles. The Balaban J connectivity index is 2.17. The molecule has 0 fully saturated rings. The van der Waals surface area contributed by atoms with Gasteiger partial charge in [0.15, 0.2) is 6.61 Å². The maximum atomic E-state index is 12.4. The molecule has 0 saturated heterocycles. The second-order valence-corrected chi connectivity index (χ2v) is 7.26. The number of esters is 1. The summed E-state index contributed by atoms with van der Waals surface area (Å²) in [7, 11) is -3.96. The molecule has 10 heteroatoms. The van der Waals surface area contributed by atoms with Crippen LogP contribution in [0.2, 0.25) is 5.02 Å². The smallest absolute Gasteiger partial charge is 0.309 e. The predicted octanol–water partition coefficient (Wildman–Crippen LogP) is 1.15. The Hall–Kier alpha value is -1.84. The lowest BCUT2D eigenvalue weighted by Gasteiger charge is -2.20. The van der Waals surface area contributed by atoms with Gasteiger partial charge in [0.2, 0.25) is 10.0 Å². The van der Waals surface area contributed by atoms with Crippen molar-refractivity contribution < 1.29 is 27.5 Å². The maximum absolute atomic E-state index is 12.4. The summed E-state index contributed by atoms with van der Waals surface area (Å²) in [5.41, 5.74) is 0.301. The van der Waals surface area contributed by atoms with Crippen LogP contribution in [0.4, 0.5) is 5.69 Å². The highest BCUT2D eigenvalue weighted by atomic mass is 35.5. The van der Waals surface area contributed by atoms with Crippen LogP contribution in [0.5, 0.6) is 5.75 Å². The van der Waals surface area contributed by atoms with Gasteiger partial charge in [-0.3, -0.25) is 9.59 Å². The largest absolute Gasteiger partial charge is 0.482 e. The van der Waals surface area contributed by atoms with E-state index in [0.29, 0.717) is 5.69 Å². The number of sulfonamides is 1. The zero-order chi connectivity index (χ0) is 17.9. The first-order chi connectivity index (χ1) is 11.2. The molecule has 0 aliphatic carbocycles. The van der Waals surface area contributed by atoms with Crippen LogP contribution in [0, 0.1) is 5.92 Å². The molecule has 0 bridgehead atoms. The van der Waals surface area contributed by atoms with Crippen LogP contribution in [0.25, 0.3) is 0 Å². The van der Waals surface area contributed by atoms with Gasteiger partial charge in [-0.15, -0.1) is 0 Å². The Labute approximate surface area is 144 Å². The standard InChI is InChI=1S/C14H17ClN2O6S/c1-3-22-14(19)8(2)6-16-24(20,21)12-5-11-10(4-9(12)15)17-13(18)7-23-11/h4-5,8,16H,3,6-7H2,1-2H3,(H,17,18)/t8-/m0/s1. The molecule has 24 heavy (non-hydrogen) atoms. The van der Waals surface area contributed by atoms with Gasteiger partial charge < -0.3 is 14.8 Å². The van der Waals surface area contributed by atoms with Gasteiger partial charge in [0.1, 0.15) is 10.6 Å². The summed E-state index contributed by atoms with van der Waals surface area (Å²) in [6.07, 6.45) is 0. The number of ether oxygens (including phenoxy) is 2. The quantitative estimate of drug-likeness (QED) is 0.720. The van der Waals surface area contributed by atoms with E-state index in [4.69, 9.17) is 21.1 Å². The van der Waals surface area contributed by atoms with Gasteiger partial charge in [0.05, 0.1) is 23.2 Å². The van der Waals surface area contributed by atoms with Gasteiger partial charge in [-0.2, -0.15) is 0 Å². The predicted molar refractivity (Wildman–Crippen MR) is 86.6 cm³/mol. The van der Waals surface area contributed by atoms with Gasteiger partial charge in [-0.1, -0.05) is 18.5 Å². The molecule has 0 radical (unpaired) electrons. The Morgan fingerprint density at radius 1 is 1.50 bits per heavy atom. The molecule has 0 saturated carbocycles. The number of nitrogens with one attached hydrogen (secondary N) is 2. The van der Waals surface area contributed by atoms with Gasteiger partial charge >= 0.3 is 5.97 Å². The summed E-state index contributed by atoms with van der Waals surface area (Å²) in [6.45, 7) is 3.09. The molecule has 2 rings (SSSR count). The lowest BCUT2D eigenvalue weighted by Crippen LogP contribution is -2.33. The summed E-state index contributed by atoms with van der Waals surface area (Å²) in [6, 6.07) is 2.53. The van der Waals surface area contributed by atoms with Crippen LogP contribution in [0.1, 0.15) is 13.8 Å². The average molecular weight is 377 g/mol. The number of hydrogen-bond donors (Lipinski definition) is 2. The van der Waals surface area contributed by atoms with E-state index < -0.39 is 21.9 Å². The molecule has 0 aromatic heterocycles. The minimum atomic E-state index is -3.96. The zero-order valence-electron chi connectivity index (χ0n) is 13.1. The fraction of sp³-hybridized carbons (Fsp3) is 0.429. The third kappa shape index (κ3) is 4.16. The molecule has 1 amide bonds. The van der Waals surface area contributed by atoms with Crippen molar-refractivity contribution in [2.45, 2.75) is 18.7 Å². The van der Waals surface area contributed by atoms with Crippen molar-refractivity contribution in [3.05, 3.63) is 17.2 Å². The van der Waals surface area contributed by atoms with Crippen molar-refractivity contribution in [1.82, 2.24) is 4.72 Å². The van der Waals surface area contributed by atoms with Gasteiger partial charge in [-0.25, -0.2) is 13.1 Å². The molecular weight excluding hydrogens is 360 g/mol. The normalized spacial score (nSPS) is 15.0.